The number of nitrogens with one attached hydrogen (secondary N) is 1. The molecule has 0 aliphatic carbocycles. The molecule has 0 unspecified atom stereocenters. The van der Waals surface area contributed by atoms with Crippen LogP contribution in [0.2, 0.25) is 0 Å². The smallest absolute Gasteiger partial charge is 0.227 e. The standard InChI is InChI=1S/C27H29N3O2/c1-2-20-9-11-21(12-10-20)18-30(19-22-6-5-15-28-17-22)26(31)14-13-24-16-23-7-3-4-8-25(23)29-27(24)32/h3-12,15,17,24H,2,13-14,16,18-19H2,1H3,(H,29,32)/t24-/m1/s1. The molecular weight excluding hydrogens is 398 g/mol. The van der Waals surface area contributed by atoms with Gasteiger partial charge >= 0.3 is 0 Å². The monoisotopic (exact) mass is 427 g/mol. The first kappa shape index (κ1) is 21.8. The maximum atomic E-state index is 13.2. The predicted molar refractivity (Wildman–Crippen MR) is 126 cm³/mol. The number of para-hydroxylation sites is 1. The van der Waals surface area contributed by atoms with Crippen LogP contribution in [0.3, 0.4) is 0 Å². The van der Waals surface area contributed by atoms with E-state index in [-0.39, 0.29) is 17.7 Å². The van der Waals surface area contributed by atoms with Crippen LogP contribution in [0.5, 0.6) is 0 Å². The van der Waals surface area contributed by atoms with E-state index in [0.29, 0.717) is 32.4 Å². The lowest BCUT2D eigenvalue weighted by Gasteiger charge is -2.26. The van der Waals surface area contributed by atoms with Gasteiger partial charge < -0.3 is 10.2 Å². The third-order valence-corrected chi connectivity index (χ3v) is 6.07. The van der Waals surface area contributed by atoms with E-state index in [1.54, 1.807) is 12.4 Å². The van der Waals surface area contributed by atoms with Crippen LogP contribution in [-0.4, -0.2) is 21.7 Å². The summed E-state index contributed by atoms with van der Waals surface area (Å²) in [6, 6.07) is 20.2. The minimum absolute atomic E-state index is 0.00506. The topological polar surface area (TPSA) is 62.3 Å². The van der Waals surface area contributed by atoms with Crippen LogP contribution in [-0.2, 0) is 35.5 Å². The van der Waals surface area contributed by atoms with Crippen molar-refractivity contribution in [2.45, 2.75) is 45.7 Å². The number of rotatable bonds is 8. The van der Waals surface area contributed by atoms with Gasteiger partial charge in [-0.15, -0.1) is 0 Å². The fourth-order valence-corrected chi connectivity index (χ4v) is 4.15. The van der Waals surface area contributed by atoms with Crippen LogP contribution in [0, 0.1) is 5.92 Å². The Kier molecular flexibility index (Phi) is 6.95. The van der Waals surface area contributed by atoms with Crippen molar-refractivity contribution < 1.29 is 9.59 Å². The van der Waals surface area contributed by atoms with Crippen LogP contribution in [0.1, 0.15) is 42.0 Å². The minimum Gasteiger partial charge on any atom is -0.334 e. The molecule has 1 aromatic heterocycles. The van der Waals surface area contributed by atoms with Gasteiger partial charge in [0.05, 0.1) is 0 Å². The Morgan fingerprint density at radius 2 is 1.75 bits per heavy atom. The average molecular weight is 428 g/mol. The number of aromatic nitrogens is 1. The number of amides is 2. The number of pyridine rings is 1. The lowest BCUT2D eigenvalue weighted by molar-refractivity contribution is -0.133. The molecular formula is C27H29N3O2. The predicted octanol–water partition coefficient (Wildman–Crippen LogP) is 4.76. The molecule has 2 aromatic carbocycles. The van der Waals surface area contributed by atoms with Crippen LogP contribution in [0.4, 0.5) is 5.69 Å². The number of anilines is 1. The third-order valence-electron chi connectivity index (χ3n) is 6.07. The van der Waals surface area contributed by atoms with Gasteiger partial charge in [0.2, 0.25) is 11.8 Å². The fourth-order valence-electron chi connectivity index (χ4n) is 4.15. The summed E-state index contributed by atoms with van der Waals surface area (Å²) in [6.07, 6.45) is 6.08. The van der Waals surface area contributed by atoms with Crippen LogP contribution >= 0.6 is 0 Å². The highest BCUT2D eigenvalue weighted by atomic mass is 16.2. The highest BCUT2D eigenvalue weighted by Crippen LogP contribution is 2.28. The summed E-state index contributed by atoms with van der Waals surface area (Å²) in [5.74, 6) is -0.122. The number of fused-ring (bicyclic) bond motifs is 1. The molecule has 0 bridgehead atoms. The maximum Gasteiger partial charge on any atom is 0.227 e. The van der Waals surface area contributed by atoms with Gasteiger partial charge in [0, 0.05) is 43.5 Å². The molecule has 2 heterocycles. The Balaban J connectivity index is 1.43. The summed E-state index contributed by atoms with van der Waals surface area (Å²) in [5.41, 5.74) is 5.39. The lowest BCUT2D eigenvalue weighted by atomic mass is 9.89. The Labute approximate surface area is 189 Å². The molecule has 0 radical (unpaired) electrons. The van der Waals surface area contributed by atoms with Gasteiger partial charge in [-0.1, -0.05) is 55.5 Å². The van der Waals surface area contributed by atoms with Crippen molar-refractivity contribution in [2.24, 2.45) is 5.92 Å². The summed E-state index contributed by atoms with van der Waals surface area (Å²) >= 11 is 0. The molecule has 1 N–H and O–H groups in total. The minimum atomic E-state index is -0.182. The molecule has 0 saturated heterocycles. The van der Waals surface area contributed by atoms with E-state index in [2.05, 4.69) is 41.5 Å². The van der Waals surface area contributed by atoms with Gasteiger partial charge in [-0.2, -0.15) is 0 Å². The molecule has 1 atom stereocenters. The van der Waals surface area contributed by atoms with Crippen molar-refractivity contribution >= 4 is 17.5 Å². The third kappa shape index (κ3) is 5.41. The summed E-state index contributed by atoms with van der Waals surface area (Å²) < 4.78 is 0. The zero-order chi connectivity index (χ0) is 22.3. The van der Waals surface area contributed by atoms with Crippen LogP contribution in [0.25, 0.3) is 0 Å². The molecule has 2 amide bonds. The number of aryl methyl sites for hydroxylation is 1. The highest BCUT2D eigenvalue weighted by molar-refractivity contribution is 5.96. The number of carbonyl (C=O) groups is 2. The number of nitrogens with zero attached hydrogens (tertiary/aromatic N) is 2. The number of carbonyl (C=O) groups excluding carboxylic acids is 2. The van der Waals surface area contributed by atoms with Crippen molar-refractivity contribution in [3.63, 3.8) is 0 Å². The Hall–Kier alpha value is -3.47. The van der Waals surface area contributed by atoms with E-state index in [4.69, 9.17) is 0 Å². The first-order chi connectivity index (χ1) is 15.6. The molecule has 1 aliphatic heterocycles. The number of hydrogen-bond donors (Lipinski definition) is 1. The van der Waals surface area contributed by atoms with Crippen molar-refractivity contribution in [3.05, 3.63) is 95.3 Å². The van der Waals surface area contributed by atoms with Gasteiger partial charge in [0.25, 0.3) is 0 Å². The quantitative estimate of drug-likeness (QED) is 0.564. The van der Waals surface area contributed by atoms with Crippen molar-refractivity contribution in [1.82, 2.24) is 9.88 Å². The Bertz CT molecular complexity index is 1060. The van der Waals surface area contributed by atoms with Crippen LogP contribution < -0.4 is 5.32 Å². The molecule has 164 valence electrons. The van der Waals surface area contributed by atoms with Crippen molar-refractivity contribution in [2.75, 3.05) is 5.32 Å². The molecule has 0 fully saturated rings. The zero-order valence-electron chi connectivity index (χ0n) is 18.5. The van der Waals surface area contributed by atoms with Gasteiger partial charge in [-0.3, -0.25) is 14.6 Å². The first-order valence-corrected chi connectivity index (χ1v) is 11.3. The van der Waals surface area contributed by atoms with Crippen LogP contribution in [0.15, 0.2) is 73.1 Å². The lowest BCUT2D eigenvalue weighted by Crippen LogP contribution is -2.33. The van der Waals surface area contributed by atoms with Crippen molar-refractivity contribution in [1.29, 1.82) is 0 Å². The second-order valence-corrected chi connectivity index (χ2v) is 8.37. The van der Waals surface area contributed by atoms with Gasteiger partial charge in [0.15, 0.2) is 0 Å². The molecule has 5 nitrogen and oxygen atoms in total. The van der Waals surface area contributed by atoms with E-state index in [0.717, 1.165) is 28.8 Å². The fraction of sp³-hybridized carbons (Fsp3) is 0.296. The molecule has 1 aliphatic rings. The summed E-state index contributed by atoms with van der Waals surface area (Å²) in [5, 5.41) is 2.98. The Morgan fingerprint density at radius 1 is 1.00 bits per heavy atom. The van der Waals surface area contributed by atoms with E-state index in [9.17, 15) is 9.59 Å². The van der Waals surface area contributed by atoms with Gasteiger partial charge in [-0.25, -0.2) is 0 Å². The van der Waals surface area contributed by atoms with E-state index in [1.807, 2.05) is 41.3 Å². The Morgan fingerprint density at radius 3 is 2.50 bits per heavy atom. The number of benzene rings is 2. The van der Waals surface area contributed by atoms with E-state index >= 15 is 0 Å². The molecule has 32 heavy (non-hydrogen) atoms. The molecule has 4 rings (SSSR count). The molecule has 3 aromatic rings. The first-order valence-electron chi connectivity index (χ1n) is 11.3. The average Bonchev–Trinajstić information content (AvgIpc) is 2.83. The van der Waals surface area contributed by atoms with Gasteiger partial charge in [-0.05, 0) is 53.6 Å². The normalized spacial score (nSPS) is 15.0. The second kappa shape index (κ2) is 10.2. The van der Waals surface area contributed by atoms with Crippen molar-refractivity contribution in [3.8, 4) is 0 Å². The van der Waals surface area contributed by atoms with E-state index < -0.39 is 0 Å². The summed E-state index contributed by atoms with van der Waals surface area (Å²) in [7, 11) is 0. The molecule has 0 spiro atoms. The summed E-state index contributed by atoms with van der Waals surface area (Å²) in [6.45, 7) is 3.17. The zero-order valence-corrected chi connectivity index (χ0v) is 18.5. The molecule has 0 saturated carbocycles. The van der Waals surface area contributed by atoms with Gasteiger partial charge in [0.1, 0.15) is 0 Å². The summed E-state index contributed by atoms with van der Waals surface area (Å²) in [4.78, 5) is 31.8. The molecule has 5 heteroatoms. The highest BCUT2D eigenvalue weighted by Gasteiger charge is 2.27. The largest absolute Gasteiger partial charge is 0.334 e. The second-order valence-electron chi connectivity index (χ2n) is 8.37. The SMILES string of the molecule is CCc1ccc(CN(Cc2cccnc2)C(=O)CC[C@@H]2Cc3ccccc3NC2=O)cc1. The number of hydrogen-bond acceptors (Lipinski definition) is 3. The van der Waals surface area contributed by atoms with E-state index in [1.165, 1.54) is 5.56 Å². The maximum absolute atomic E-state index is 13.2.